The van der Waals surface area contributed by atoms with Crippen molar-refractivity contribution in [3.63, 3.8) is 0 Å². The average Bonchev–Trinajstić information content (AvgIpc) is 2.36. The van der Waals surface area contributed by atoms with Crippen LogP contribution < -0.4 is 16.4 Å². The molecule has 0 atom stereocenters. The standard InChI is InChI=1S/C11H16F3N5O/c1-16-10-18-7(11(12,13)14)6-9(19-10)17-5-3-2-4-8(15)20/h6H,2-5H2,1H3,(H2,15,20)(H2,16,17,18,19). The molecule has 4 N–H and O–H groups in total. The molecule has 20 heavy (non-hydrogen) atoms. The van der Waals surface area contributed by atoms with E-state index in [-0.39, 0.29) is 18.2 Å². The van der Waals surface area contributed by atoms with Gasteiger partial charge in [-0.05, 0) is 12.8 Å². The third-order valence-corrected chi connectivity index (χ3v) is 2.40. The summed E-state index contributed by atoms with van der Waals surface area (Å²) in [7, 11) is 1.44. The van der Waals surface area contributed by atoms with Gasteiger partial charge in [0.15, 0.2) is 5.69 Å². The molecule has 0 radical (unpaired) electrons. The lowest BCUT2D eigenvalue weighted by atomic mass is 10.2. The van der Waals surface area contributed by atoms with Gasteiger partial charge in [-0.3, -0.25) is 4.79 Å². The molecule has 0 aliphatic carbocycles. The maximum atomic E-state index is 12.6. The smallest absolute Gasteiger partial charge is 0.370 e. The van der Waals surface area contributed by atoms with Crippen LogP contribution in [0.3, 0.4) is 0 Å². The van der Waals surface area contributed by atoms with Crippen molar-refractivity contribution in [3.8, 4) is 0 Å². The number of primary amides is 1. The van der Waals surface area contributed by atoms with Gasteiger partial charge in [0.25, 0.3) is 0 Å². The van der Waals surface area contributed by atoms with Gasteiger partial charge in [0.05, 0.1) is 0 Å². The summed E-state index contributed by atoms with van der Waals surface area (Å²) in [5.41, 5.74) is 3.96. The summed E-state index contributed by atoms with van der Waals surface area (Å²) in [6.07, 6.45) is -3.11. The van der Waals surface area contributed by atoms with Gasteiger partial charge in [-0.2, -0.15) is 18.2 Å². The number of nitrogens with two attached hydrogens (primary N) is 1. The summed E-state index contributed by atoms with van der Waals surface area (Å²) in [6.45, 7) is 0.394. The Kier molecular flexibility index (Phi) is 5.53. The molecule has 0 aliphatic rings. The third kappa shape index (κ3) is 5.29. The Bertz CT molecular complexity index is 464. The fraction of sp³-hybridized carbons (Fsp3) is 0.545. The normalized spacial score (nSPS) is 11.2. The first-order chi connectivity index (χ1) is 9.32. The summed E-state index contributed by atoms with van der Waals surface area (Å²) in [5.74, 6) is -0.431. The van der Waals surface area contributed by atoms with Gasteiger partial charge in [0, 0.05) is 26.1 Å². The molecular formula is C11H16F3N5O. The molecule has 1 aromatic heterocycles. The Morgan fingerprint density at radius 3 is 2.60 bits per heavy atom. The summed E-state index contributed by atoms with van der Waals surface area (Å²) < 4.78 is 37.9. The lowest BCUT2D eigenvalue weighted by Crippen LogP contribution is -2.14. The molecule has 0 fully saturated rings. The minimum absolute atomic E-state index is 0.0794. The summed E-state index contributed by atoms with van der Waals surface area (Å²) in [4.78, 5) is 17.7. The van der Waals surface area contributed by atoms with Crippen molar-refractivity contribution >= 4 is 17.7 Å². The molecule has 0 aromatic carbocycles. The van der Waals surface area contributed by atoms with Crippen molar-refractivity contribution in [3.05, 3.63) is 11.8 Å². The van der Waals surface area contributed by atoms with Gasteiger partial charge in [0.2, 0.25) is 11.9 Å². The van der Waals surface area contributed by atoms with Crippen LogP contribution in [0, 0.1) is 0 Å². The van der Waals surface area contributed by atoms with E-state index in [0.717, 1.165) is 6.07 Å². The second-order valence-electron chi connectivity index (χ2n) is 4.06. The number of nitrogens with one attached hydrogen (secondary N) is 2. The van der Waals surface area contributed by atoms with Gasteiger partial charge in [0.1, 0.15) is 5.82 Å². The quantitative estimate of drug-likeness (QED) is 0.664. The van der Waals surface area contributed by atoms with Crippen LogP contribution in [-0.2, 0) is 11.0 Å². The van der Waals surface area contributed by atoms with E-state index in [1.807, 2.05) is 0 Å². The zero-order valence-electron chi connectivity index (χ0n) is 10.9. The molecule has 1 amide bonds. The largest absolute Gasteiger partial charge is 0.433 e. The number of halogens is 3. The van der Waals surface area contributed by atoms with Crippen molar-refractivity contribution < 1.29 is 18.0 Å². The number of hydrogen-bond acceptors (Lipinski definition) is 5. The number of aromatic nitrogens is 2. The van der Waals surface area contributed by atoms with E-state index in [2.05, 4.69) is 20.6 Å². The molecule has 1 aromatic rings. The van der Waals surface area contributed by atoms with Crippen LogP contribution in [0.1, 0.15) is 25.0 Å². The van der Waals surface area contributed by atoms with Crippen LogP contribution >= 0.6 is 0 Å². The third-order valence-electron chi connectivity index (χ3n) is 2.40. The van der Waals surface area contributed by atoms with Crippen molar-refractivity contribution in [2.75, 3.05) is 24.2 Å². The zero-order chi connectivity index (χ0) is 15.2. The number of nitrogens with zero attached hydrogens (tertiary/aromatic N) is 2. The van der Waals surface area contributed by atoms with Crippen LogP contribution in [0.5, 0.6) is 0 Å². The van der Waals surface area contributed by atoms with Crippen LogP contribution in [0.2, 0.25) is 0 Å². The Hall–Kier alpha value is -2.06. The van der Waals surface area contributed by atoms with Crippen molar-refractivity contribution in [1.82, 2.24) is 9.97 Å². The highest BCUT2D eigenvalue weighted by Gasteiger charge is 2.33. The molecule has 0 aliphatic heterocycles. The van der Waals surface area contributed by atoms with E-state index in [1.165, 1.54) is 7.05 Å². The first kappa shape index (κ1) is 16.0. The molecule has 0 unspecified atom stereocenters. The maximum absolute atomic E-state index is 12.6. The maximum Gasteiger partial charge on any atom is 0.433 e. The first-order valence-electron chi connectivity index (χ1n) is 5.99. The van der Waals surface area contributed by atoms with E-state index in [1.54, 1.807) is 0 Å². The van der Waals surface area contributed by atoms with E-state index < -0.39 is 17.8 Å². The number of carbonyl (C=O) groups is 1. The topological polar surface area (TPSA) is 92.9 Å². The molecule has 0 spiro atoms. The van der Waals surface area contributed by atoms with Gasteiger partial charge in [-0.1, -0.05) is 0 Å². The van der Waals surface area contributed by atoms with Gasteiger partial charge in [-0.15, -0.1) is 0 Å². The van der Waals surface area contributed by atoms with Crippen molar-refractivity contribution in [1.29, 1.82) is 0 Å². The Morgan fingerprint density at radius 1 is 1.35 bits per heavy atom. The first-order valence-corrected chi connectivity index (χ1v) is 5.99. The zero-order valence-corrected chi connectivity index (χ0v) is 10.9. The molecule has 0 saturated heterocycles. The Balaban J connectivity index is 2.63. The van der Waals surface area contributed by atoms with Crippen LogP contribution in [-0.4, -0.2) is 29.5 Å². The highest BCUT2D eigenvalue weighted by molar-refractivity contribution is 5.73. The van der Waals surface area contributed by atoms with Gasteiger partial charge in [-0.25, -0.2) is 4.98 Å². The summed E-state index contributed by atoms with van der Waals surface area (Å²) in [5, 5.41) is 5.24. The minimum Gasteiger partial charge on any atom is -0.370 e. The molecule has 0 bridgehead atoms. The number of unbranched alkanes of at least 4 members (excludes halogenated alkanes) is 1. The number of anilines is 2. The number of rotatable bonds is 7. The van der Waals surface area contributed by atoms with Crippen LogP contribution in [0.25, 0.3) is 0 Å². The molecule has 1 rings (SSSR count). The predicted octanol–water partition coefficient (Wildman–Crippen LogP) is 1.60. The molecule has 1 heterocycles. The monoisotopic (exact) mass is 291 g/mol. The van der Waals surface area contributed by atoms with Gasteiger partial charge >= 0.3 is 6.18 Å². The lowest BCUT2D eigenvalue weighted by Gasteiger charge is -2.11. The van der Waals surface area contributed by atoms with Crippen molar-refractivity contribution in [2.24, 2.45) is 5.73 Å². The lowest BCUT2D eigenvalue weighted by molar-refractivity contribution is -0.141. The summed E-state index contributed by atoms with van der Waals surface area (Å²) >= 11 is 0. The number of alkyl halides is 3. The van der Waals surface area contributed by atoms with Crippen LogP contribution in [0.4, 0.5) is 24.9 Å². The van der Waals surface area contributed by atoms with Gasteiger partial charge < -0.3 is 16.4 Å². The van der Waals surface area contributed by atoms with Crippen LogP contribution in [0.15, 0.2) is 6.07 Å². The molecule has 9 heteroatoms. The minimum atomic E-state index is -4.53. The summed E-state index contributed by atoms with van der Waals surface area (Å²) in [6, 6.07) is 0.842. The Labute approximate surface area is 114 Å². The van der Waals surface area contributed by atoms with E-state index >= 15 is 0 Å². The van der Waals surface area contributed by atoms with E-state index in [0.29, 0.717) is 19.4 Å². The SMILES string of the molecule is CNc1nc(NCCCCC(N)=O)cc(C(F)(F)F)n1. The van der Waals surface area contributed by atoms with E-state index in [9.17, 15) is 18.0 Å². The van der Waals surface area contributed by atoms with E-state index in [4.69, 9.17) is 5.73 Å². The number of hydrogen-bond donors (Lipinski definition) is 3. The highest BCUT2D eigenvalue weighted by Crippen LogP contribution is 2.29. The predicted molar refractivity (Wildman–Crippen MR) is 68.1 cm³/mol. The second-order valence-corrected chi connectivity index (χ2v) is 4.06. The van der Waals surface area contributed by atoms with Crippen molar-refractivity contribution in [2.45, 2.75) is 25.4 Å². The highest BCUT2D eigenvalue weighted by atomic mass is 19.4. The number of carbonyl (C=O) groups excluding carboxylic acids is 1. The molecular weight excluding hydrogens is 275 g/mol. The molecule has 6 nitrogen and oxygen atoms in total. The fourth-order valence-electron chi connectivity index (χ4n) is 1.44. The fourth-order valence-corrected chi connectivity index (χ4v) is 1.44. The molecule has 112 valence electrons. The number of amides is 1. The average molecular weight is 291 g/mol. The molecule has 0 saturated carbocycles. The second kappa shape index (κ2) is 6.92. The Morgan fingerprint density at radius 2 is 2.05 bits per heavy atom.